The highest BCUT2D eigenvalue weighted by atomic mass is 15.3. The molecule has 0 heterocycles. The fourth-order valence-electron chi connectivity index (χ4n) is 2.20. The van der Waals surface area contributed by atoms with Crippen LogP contribution in [0.15, 0.2) is 48.5 Å². The first kappa shape index (κ1) is 17.4. The normalized spacial score (nSPS) is 11.9. The maximum Gasteiger partial charge on any atom is 0.132 e. The third-order valence-corrected chi connectivity index (χ3v) is 3.62. The Morgan fingerprint density at radius 2 is 0.714 bits per heavy atom. The van der Waals surface area contributed by atoms with Gasteiger partial charge in [-0.3, -0.25) is 8.97 Å². The molecular formula is C19H30N2+2. The van der Waals surface area contributed by atoms with Crippen LogP contribution in [0.4, 0.5) is 11.4 Å². The molecule has 0 atom stereocenters. The monoisotopic (exact) mass is 286 g/mol. The molecule has 114 valence electrons. The van der Waals surface area contributed by atoms with Crippen molar-refractivity contribution >= 4 is 11.4 Å². The predicted molar refractivity (Wildman–Crippen MR) is 97.7 cm³/mol. The number of hydrogen-bond donors (Lipinski definition) is 0. The summed E-state index contributed by atoms with van der Waals surface area (Å²) in [7, 11) is 13.1. The van der Waals surface area contributed by atoms with Crippen LogP contribution in [-0.2, 0) is 0 Å². The van der Waals surface area contributed by atoms with Crippen LogP contribution in [0, 0.1) is 0 Å². The van der Waals surface area contributed by atoms with Crippen molar-refractivity contribution in [2.75, 3.05) is 42.3 Å². The van der Waals surface area contributed by atoms with Crippen LogP contribution < -0.4 is 8.97 Å². The van der Waals surface area contributed by atoms with Crippen molar-refractivity contribution in [3.8, 4) is 11.1 Å². The van der Waals surface area contributed by atoms with Crippen LogP contribution in [-0.4, -0.2) is 42.3 Å². The molecule has 2 rings (SSSR count). The zero-order chi connectivity index (χ0) is 15.0. The number of quaternary nitrogens is 2. The summed E-state index contributed by atoms with van der Waals surface area (Å²) in [5.74, 6) is 0. The van der Waals surface area contributed by atoms with Gasteiger partial charge in [0.15, 0.2) is 0 Å². The lowest BCUT2D eigenvalue weighted by Gasteiger charge is -2.24. The standard InChI is InChI=1S/C18H26N2.CH4/c1-19(2,3)17-11-7-15(8-12-17)16-9-13-18(14-10-16)20(4,5)6;/h7-14H,1-6H3;1H4/q+2;. The molecule has 0 N–H and O–H groups in total. The van der Waals surface area contributed by atoms with E-state index in [0.29, 0.717) is 0 Å². The molecule has 2 aromatic rings. The number of benzene rings is 2. The van der Waals surface area contributed by atoms with Crippen LogP contribution >= 0.6 is 0 Å². The van der Waals surface area contributed by atoms with E-state index in [1.54, 1.807) is 0 Å². The second-order valence-corrected chi connectivity index (χ2v) is 7.12. The quantitative estimate of drug-likeness (QED) is 0.734. The van der Waals surface area contributed by atoms with Gasteiger partial charge in [-0.05, 0) is 59.7 Å². The van der Waals surface area contributed by atoms with Crippen LogP contribution in [0.25, 0.3) is 11.1 Å². The Kier molecular flexibility index (Phi) is 4.98. The smallest absolute Gasteiger partial charge is 0.132 e. The lowest BCUT2D eigenvalue weighted by Crippen LogP contribution is -2.34. The Morgan fingerprint density at radius 3 is 0.905 bits per heavy atom. The highest BCUT2D eigenvalue weighted by molar-refractivity contribution is 5.67. The van der Waals surface area contributed by atoms with Crippen molar-refractivity contribution in [3.63, 3.8) is 0 Å². The number of hydrogen-bond acceptors (Lipinski definition) is 0. The van der Waals surface area contributed by atoms with E-state index in [0.717, 1.165) is 8.97 Å². The van der Waals surface area contributed by atoms with E-state index < -0.39 is 0 Å². The fraction of sp³-hybridized carbons (Fsp3) is 0.368. The summed E-state index contributed by atoms with van der Waals surface area (Å²) in [6, 6.07) is 17.7. The molecule has 2 aromatic carbocycles. The Hall–Kier alpha value is -1.64. The van der Waals surface area contributed by atoms with Crippen LogP contribution in [0.3, 0.4) is 0 Å². The maximum absolute atomic E-state index is 2.21. The Morgan fingerprint density at radius 1 is 0.476 bits per heavy atom. The van der Waals surface area contributed by atoms with E-state index in [2.05, 4.69) is 90.8 Å². The third kappa shape index (κ3) is 4.16. The SMILES string of the molecule is C.C[N+](C)(C)c1ccc(-c2ccc([N+](C)(C)C)cc2)cc1. The second-order valence-electron chi connectivity index (χ2n) is 7.12. The molecule has 0 unspecified atom stereocenters. The maximum atomic E-state index is 2.21. The fourth-order valence-corrected chi connectivity index (χ4v) is 2.20. The Balaban J connectivity index is 0.00000220. The molecule has 0 fully saturated rings. The first-order valence-corrected chi connectivity index (χ1v) is 7.02. The molecule has 0 saturated heterocycles. The van der Waals surface area contributed by atoms with Gasteiger partial charge in [0, 0.05) is 0 Å². The number of rotatable bonds is 3. The molecule has 2 heteroatoms. The minimum absolute atomic E-state index is 0. The zero-order valence-corrected chi connectivity index (χ0v) is 13.5. The second kappa shape index (κ2) is 6.00. The van der Waals surface area contributed by atoms with E-state index in [-0.39, 0.29) is 7.43 Å². The molecule has 2 nitrogen and oxygen atoms in total. The minimum Gasteiger partial charge on any atom is -0.298 e. The van der Waals surface area contributed by atoms with Gasteiger partial charge in [0.05, 0.1) is 42.3 Å². The van der Waals surface area contributed by atoms with E-state index in [4.69, 9.17) is 0 Å². The van der Waals surface area contributed by atoms with Crippen LogP contribution in [0.1, 0.15) is 7.43 Å². The summed E-state index contributed by atoms with van der Waals surface area (Å²) in [4.78, 5) is 0. The summed E-state index contributed by atoms with van der Waals surface area (Å²) in [6.45, 7) is 0. The van der Waals surface area contributed by atoms with Crippen molar-refractivity contribution in [2.24, 2.45) is 0 Å². The summed E-state index contributed by atoms with van der Waals surface area (Å²) in [6.07, 6.45) is 0. The van der Waals surface area contributed by atoms with Gasteiger partial charge < -0.3 is 0 Å². The molecule has 0 aliphatic rings. The third-order valence-electron chi connectivity index (χ3n) is 3.62. The van der Waals surface area contributed by atoms with Crippen molar-refractivity contribution in [2.45, 2.75) is 7.43 Å². The van der Waals surface area contributed by atoms with Gasteiger partial charge in [-0.25, -0.2) is 0 Å². The van der Waals surface area contributed by atoms with Crippen molar-refractivity contribution in [3.05, 3.63) is 48.5 Å². The highest BCUT2D eigenvalue weighted by Gasteiger charge is 2.13. The van der Waals surface area contributed by atoms with Crippen molar-refractivity contribution < 1.29 is 0 Å². The zero-order valence-electron chi connectivity index (χ0n) is 13.5. The molecule has 0 aliphatic heterocycles. The first-order chi connectivity index (χ1) is 9.18. The highest BCUT2D eigenvalue weighted by Crippen LogP contribution is 2.26. The molecule has 21 heavy (non-hydrogen) atoms. The average Bonchev–Trinajstić information content (AvgIpc) is 2.37. The van der Waals surface area contributed by atoms with Gasteiger partial charge in [0.2, 0.25) is 0 Å². The minimum atomic E-state index is 0. The molecule has 0 aliphatic carbocycles. The van der Waals surface area contributed by atoms with Crippen LogP contribution in [0.5, 0.6) is 0 Å². The predicted octanol–water partition coefficient (Wildman–Crippen LogP) is 4.38. The number of nitrogens with zero attached hydrogens (tertiary/aromatic N) is 2. The lowest BCUT2D eigenvalue weighted by molar-refractivity contribution is 0.486. The molecule has 0 spiro atoms. The van der Waals surface area contributed by atoms with Gasteiger partial charge in [-0.1, -0.05) is 7.43 Å². The Labute approximate surface area is 130 Å². The Bertz CT molecular complexity index is 511. The van der Waals surface area contributed by atoms with Gasteiger partial charge in [0.25, 0.3) is 0 Å². The first-order valence-electron chi connectivity index (χ1n) is 7.02. The van der Waals surface area contributed by atoms with E-state index >= 15 is 0 Å². The topological polar surface area (TPSA) is 0 Å². The van der Waals surface area contributed by atoms with E-state index in [9.17, 15) is 0 Å². The summed E-state index contributed by atoms with van der Waals surface area (Å²) >= 11 is 0. The van der Waals surface area contributed by atoms with Crippen molar-refractivity contribution in [1.29, 1.82) is 0 Å². The summed E-state index contributed by atoms with van der Waals surface area (Å²) in [5.41, 5.74) is 5.18. The molecule has 0 radical (unpaired) electrons. The van der Waals surface area contributed by atoms with Gasteiger partial charge >= 0.3 is 0 Å². The van der Waals surface area contributed by atoms with Crippen LogP contribution in [0.2, 0.25) is 0 Å². The van der Waals surface area contributed by atoms with E-state index in [1.807, 2.05) is 0 Å². The van der Waals surface area contributed by atoms with Crippen molar-refractivity contribution in [1.82, 2.24) is 8.97 Å². The molecular weight excluding hydrogens is 256 g/mol. The summed E-state index contributed by atoms with van der Waals surface area (Å²) < 4.78 is 1.70. The summed E-state index contributed by atoms with van der Waals surface area (Å²) in [5, 5.41) is 0. The van der Waals surface area contributed by atoms with E-state index in [1.165, 1.54) is 22.5 Å². The van der Waals surface area contributed by atoms with Gasteiger partial charge in [-0.15, -0.1) is 0 Å². The molecule has 0 amide bonds. The van der Waals surface area contributed by atoms with Gasteiger partial charge in [-0.2, -0.15) is 0 Å². The molecule has 0 saturated carbocycles. The lowest BCUT2D eigenvalue weighted by atomic mass is 10.0. The molecule has 0 aromatic heterocycles. The van der Waals surface area contributed by atoms with Gasteiger partial charge in [0.1, 0.15) is 11.4 Å². The molecule has 0 bridgehead atoms. The largest absolute Gasteiger partial charge is 0.298 e. The average molecular weight is 286 g/mol.